The molecule has 0 radical (unpaired) electrons. The van der Waals surface area contributed by atoms with Crippen molar-refractivity contribution in [1.29, 1.82) is 0 Å². The highest BCUT2D eigenvalue weighted by Gasteiger charge is 2.35. The first-order chi connectivity index (χ1) is 42.6. The minimum atomic E-state index is -0.192. The van der Waals surface area contributed by atoms with Crippen LogP contribution in [0, 0.1) is 17.8 Å². The third-order valence-electron chi connectivity index (χ3n) is 20.5. The average Bonchev–Trinajstić information content (AvgIpc) is 1.84. The molecule has 0 bridgehead atoms. The maximum atomic E-state index is 11.8. The third kappa shape index (κ3) is 13.9. The van der Waals surface area contributed by atoms with Crippen molar-refractivity contribution >= 4 is 99.8 Å². The Balaban J connectivity index is 0.000000121. The summed E-state index contributed by atoms with van der Waals surface area (Å²) in [7, 11) is 0. The maximum Gasteiger partial charge on any atom is 0.220 e. The second-order valence-corrected chi connectivity index (χ2v) is 28.9. The summed E-state index contributed by atoms with van der Waals surface area (Å²) in [5, 5.41) is 14.5. The van der Waals surface area contributed by atoms with E-state index < -0.39 is 0 Å². The smallest absolute Gasteiger partial charge is 0.220 e. The number of morpholine rings is 3. The Morgan fingerprint density at radius 2 is 0.655 bits per heavy atom. The van der Waals surface area contributed by atoms with Gasteiger partial charge >= 0.3 is 0 Å². The number of carbonyl (C=O) groups excluding carboxylic acids is 3. The average molecular weight is 1250 g/mol. The zero-order valence-corrected chi connectivity index (χ0v) is 52.6. The van der Waals surface area contributed by atoms with Crippen LogP contribution >= 0.6 is 34.0 Å². The predicted octanol–water partition coefficient (Wildman–Crippen LogP) is 7.01. The molecule has 0 spiro atoms. The van der Waals surface area contributed by atoms with Crippen molar-refractivity contribution in [3.8, 4) is 0 Å². The van der Waals surface area contributed by atoms with E-state index in [4.69, 9.17) is 31.4 Å². The van der Waals surface area contributed by atoms with E-state index in [1.54, 1.807) is 53.0 Å². The molecule has 87 heavy (non-hydrogen) atoms. The molecule has 6 aromatic rings. The van der Waals surface area contributed by atoms with E-state index in [-0.39, 0.29) is 35.5 Å². The number of rotatable bonds is 12. The summed E-state index contributed by atoms with van der Waals surface area (Å²) < 4.78 is 16.5. The molecule has 6 aromatic heterocycles. The number of aryl methyl sites for hydroxylation is 3. The number of amides is 3. The van der Waals surface area contributed by atoms with Gasteiger partial charge < -0.3 is 47.4 Å². The van der Waals surface area contributed by atoms with Crippen molar-refractivity contribution in [3.05, 3.63) is 50.3 Å². The summed E-state index contributed by atoms with van der Waals surface area (Å²) in [5.74, 6) is 2.02. The number of anilines is 3. The molecule has 15 rings (SSSR count). The highest BCUT2D eigenvalue weighted by molar-refractivity contribution is 7.19. The number of nitrogens with one attached hydrogen (secondary N) is 3. The Labute approximate surface area is 521 Å². The topological polar surface area (TPSA) is 280 Å². The van der Waals surface area contributed by atoms with Gasteiger partial charge in [-0.1, -0.05) is 0 Å². The molecule has 21 nitrogen and oxygen atoms in total. The first-order valence-electron chi connectivity index (χ1n) is 32.4. The molecule has 3 saturated carbocycles. The Hall–Kier alpha value is -5.31. The lowest BCUT2D eigenvalue weighted by molar-refractivity contribution is -0.122. The molecule has 468 valence electrons. The molecule has 6 aliphatic carbocycles. The standard InChI is InChI=1S/3C21H29N5O2S/c3*22-19(27)13-1-6-17-16(11-13)18-20(23-12-24-21(18)29-17)25-14-2-4-15(5-3-14)26-7-9-28-10-8-26/h3*12-15H,1-11H2,(H2,22,27)(H,23,24,25)/t2*13-,14?,15?;/m10./s1. The monoisotopic (exact) mass is 1250 g/mol. The SMILES string of the molecule is NC(=O)C1CCc2sc3ncnc(NC4CCC(N5CCOCC5)CC4)c3c2C1.NC(=O)[C@@H]1CCc2sc3ncnc(NC4CCC(N5CCOCC5)CC4)c3c2C1.NC(=O)[C@H]1CCc2sc3ncnc(NC4CCC(N5CCOCC5)CC4)c3c2C1. The summed E-state index contributed by atoms with van der Waals surface area (Å²) in [6.45, 7) is 11.6. The minimum absolute atomic E-state index is 0.0719. The van der Waals surface area contributed by atoms with Gasteiger partial charge in [-0.25, -0.2) is 29.9 Å². The number of carbonyl (C=O) groups is 3. The second kappa shape index (κ2) is 27.8. The van der Waals surface area contributed by atoms with E-state index in [1.807, 2.05) is 0 Å². The number of ether oxygens (including phenoxy) is 3. The van der Waals surface area contributed by atoms with E-state index in [9.17, 15) is 14.4 Å². The van der Waals surface area contributed by atoms with Gasteiger partial charge in [-0.15, -0.1) is 34.0 Å². The molecular weight excluding hydrogens is 1160 g/mol. The Bertz CT molecular complexity index is 3010. The van der Waals surface area contributed by atoms with Crippen LogP contribution in [0.5, 0.6) is 0 Å². The Morgan fingerprint density at radius 3 is 0.908 bits per heavy atom. The normalized spacial score (nSPS) is 28.2. The summed E-state index contributed by atoms with van der Waals surface area (Å²) in [4.78, 5) is 77.5. The van der Waals surface area contributed by atoms with Gasteiger partial charge in [-0.05, 0) is 152 Å². The van der Waals surface area contributed by atoms with Gasteiger partial charge in [0, 0.05) is 108 Å². The number of hydrogen-bond donors (Lipinski definition) is 6. The molecule has 3 saturated heterocycles. The van der Waals surface area contributed by atoms with Crippen molar-refractivity contribution < 1.29 is 28.6 Å². The van der Waals surface area contributed by atoms with Crippen molar-refractivity contribution in [2.45, 2.75) is 171 Å². The zero-order valence-electron chi connectivity index (χ0n) is 50.2. The quantitative estimate of drug-likeness (QED) is 0.0718. The van der Waals surface area contributed by atoms with Gasteiger partial charge in [0.25, 0.3) is 0 Å². The third-order valence-corrected chi connectivity index (χ3v) is 24.1. The fourth-order valence-electron chi connectivity index (χ4n) is 15.5. The van der Waals surface area contributed by atoms with E-state index >= 15 is 0 Å². The molecular formula is C63H87N15O6S3. The predicted molar refractivity (Wildman–Crippen MR) is 343 cm³/mol. The highest BCUT2D eigenvalue weighted by atomic mass is 32.1. The lowest BCUT2D eigenvalue weighted by Crippen LogP contribution is -2.46. The van der Waals surface area contributed by atoms with Crippen LogP contribution in [-0.4, -0.2) is 177 Å². The van der Waals surface area contributed by atoms with Gasteiger partial charge in [0.1, 0.15) is 50.9 Å². The first kappa shape index (κ1) is 60.6. The highest BCUT2D eigenvalue weighted by Crippen LogP contribution is 2.44. The molecule has 24 heteroatoms. The van der Waals surface area contributed by atoms with Crippen LogP contribution in [0.1, 0.15) is 128 Å². The van der Waals surface area contributed by atoms with Crippen LogP contribution < -0.4 is 33.2 Å². The molecule has 9 aliphatic rings. The van der Waals surface area contributed by atoms with Crippen molar-refractivity contribution in [3.63, 3.8) is 0 Å². The van der Waals surface area contributed by atoms with E-state index in [0.29, 0.717) is 36.3 Å². The lowest BCUT2D eigenvalue weighted by atomic mass is 9.86. The van der Waals surface area contributed by atoms with Crippen molar-refractivity contribution in [2.75, 3.05) is 94.9 Å². The summed E-state index contributed by atoms with van der Waals surface area (Å²) in [5.41, 5.74) is 20.5. The fraction of sp³-hybridized carbons (Fsp3) is 0.667. The number of primary amides is 3. The van der Waals surface area contributed by atoms with E-state index in [2.05, 4.69) is 60.6 Å². The lowest BCUT2D eigenvalue weighted by Gasteiger charge is -2.39. The largest absolute Gasteiger partial charge is 0.379 e. The van der Waals surface area contributed by atoms with Gasteiger partial charge in [-0.3, -0.25) is 29.1 Å². The molecule has 0 aromatic carbocycles. The molecule has 1 unspecified atom stereocenters. The van der Waals surface area contributed by atoms with Crippen molar-refractivity contribution in [1.82, 2.24) is 44.6 Å². The van der Waals surface area contributed by atoms with Crippen LogP contribution in [0.3, 0.4) is 0 Å². The van der Waals surface area contributed by atoms with Crippen LogP contribution in [0.15, 0.2) is 19.0 Å². The fourth-order valence-corrected chi connectivity index (χ4v) is 19.1. The van der Waals surface area contributed by atoms with Crippen LogP contribution in [0.4, 0.5) is 17.5 Å². The molecule has 9 heterocycles. The summed E-state index contributed by atoms with van der Waals surface area (Å²) in [6.07, 6.45) is 26.7. The number of nitrogens with zero attached hydrogens (tertiary/aromatic N) is 9. The Morgan fingerprint density at radius 1 is 0.391 bits per heavy atom. The number of nitrogens with two attached hydrogens (primary N) is 3. The van der Waals surface area contributed by atoms with Gasteiger partial charge in [0.05, 0.1) is 55.8 Å². The molecule has 9 N–H and O–H groups in total. The van der Waals surface area contributed by atoms with Gasteiger partial charge in [-0.2, -0.15) is 0 Å². The van der Waals surface area contributed by atoms with E-state index in [0.717, 1.165) is 223 Å². The number of thiophene rings is 3. The molecule has 3 aliphatic heterocycles. The molecule has 3 amide bonds. The van der Waals surface area contributed by atoms with Crippen LogP contribution in [0.25, 0.3) is 30.6 Å². The van der Waals surface area contributed by atoms with E-state index in [1.165, 1.54) is 69.8 Å². The second-order valence-electron chi connectivity index (χ2n) is 25.6. The first-order valence-corrected chi connectivity index (χ1v) is 34.9. The Kier molecular flexibility index (Phi) is 19.4. The number of hydrogen-bond acceptors (Lipinski definition) is 21. The van der Waals surface area contributed by atoms with Crippen molar-refractivity contribution in [2.24, 2.45) is 35.0 Å². The molecule has 6 fully saturated rings. The molecule has 3 atom stereocenters. The van der Waals surface area contributed by atoms with Crippen LogP contribution in [-0.2, 0) is 67.1 Å². The van der Waals surface area contributed by atoms with Crippen LogP contribution in [0.2, 0.25) is 0 Å². The summed E-state index contributed by atoms with van der Waals surface area (Å²) >= 11 is 5.24. The van der Waals surface area contributed by atoms with Gasteiger partial charge in [0.15, 0.2) is 0 Å². The van der Waals surface area contributed by atoms with Gasteiger partial charge in [0.2, 0.25) is 17.7 Å². The maximum absolute atomic E-state index is 11.8. The number of aromatic nitrogens is 6. The minimum Gasteiger partial charge on any atom is -0.379 e. The number of fused-ring (bicyclic) bond motifs is 9. The summed E-state index contributed by atoms with van der Waals surface area (Å²) in [6, 6.07) is 3.39. The zero-order chi connectivity index (χ0) is 59.4.